The number of piperidine rings is 1. The van der Waals surface area contributed by atoms with E-state index in [1.54, 1.807) is 6.20 Å². The van der Waals surface area contributed by atoms with Gasteiger partial charge in [0.2, 0.25) is 0 Å². The molecule has 5 nitrogen and oxygen atoms in total. The molecule has 1 N–H and O–H groups in total. The molecule has 6 heteroatoms. The average Bonchev–Trinajstić information content (AvgIpc) is 3.19. The van der Waals surface area contributed by atoms with E-state index in [-0.39, 0.29) is 5.91 Å². The van der Waals surface area contributed by atoms with E-state index in [0.29, 0.717) is 12.1 Å². The van der Waals surface area contributed by atoms with Crippen LogP contribution in [0, 0.1) is 0 Å². The summed E-state index contributed by atoms with van der Waals surface area (Å²) >= 11 is 1.52. The van der Waals surface area contributed by atoms with Gasteiger partial charge >= 0.3 is 0 Å². The van der Waals surface area contributed by atoms with Gasteiger partial charge in [0.25, 0.3) is 5.91 Å². The largest absolute Gasteiger partial charge is 0.365 e. The van der Waals surface area contributed by atoms with Crippen LogP contribution >= 0.6 is 11.3 Å². The molecule has 2 atom stereocenters. The molecular formula is C20H20N4OS. The highest BCUT2D eigenvalue weighted by Crippen LogP contribution is 2.40. The molecule has 2 fully saturated rings. The quantitative estimate of drug-likeness (QED) is 0.745. The first kappa shape index (κ1) is 15.8. The zero-order valence-electron chi connectivity index (χ0n) is 14.4. The van der Waals surface area contributed by atoms with Crippen LogP contribution < -0.4 is 10.2 Å². The van der Waals surface area contributed by atoms with Crippen LogP contribution in [0.15, 0.2) is 42.2 Å². The Kier molecular flexibility index (Phi) is 3.85. The Bertz CT molecular complexity index is 953. The van der Waals surface area contributed by atoms with Crippen LogP contribution in [0.2, 0.25) is 0 Å². The van der Waals surface area contributed by atoms with Gasteiger partial charge in [0.05, 0.1) is 22.3 Å². The summed E-state index contributed by atoms with van der Waals surface area (Å²) in [7, 11) is 0. The highest BCUT2D eigenvalue weighted by molar-refractivity contribution is 7.17. The second kappa shape index (κ2) is 6.36. The van der Waals surface area contributed by atoms with Crippen molar-refractivity contribution >= 4 is 38.8 Å². The Morgan fingerprint density at radius 3 is 2.81 bits per heavy atom. The predicted molar refractivity (Wildman–Crippen MR) is 105 cm³/mol. The Balaban J connectivity index is 1.48. The summed E-state index contributed by atoms with van der Waals surface area (Å²) < 4.78 is 0. The topological polar surface area (TPSA) is 58.1 Å². The van der Waals surface area contributed by atoms with Crippen molar-refractivity contribution < 1.29 is 4.79 Å². The van der Waals surface area contributed by atoms with Crippen LogP contribution in [-0.2, 0) is 0 Å². The Morgan fingerprint density at radius 1 is 1.15 bits per heavy atom. The van der Waals surface area contributed by atoms with E-state index in [9.17, 15) is 4.79 Å². The van der Waals surface area contributed by atoms with Crippen molar-refractivity contribution in [1.82, 2.24) is 9.97 Å². The minimum Gasteiger partial charge on any atom is -0.365 e. The lowest BCUT2D eigenvalue weighted by Gasteiger charge is -2.37. The molecule has 2 unspecified atom stereocenters. The van der Waals surface area contributed by atoms with Gasteiger partial charge in [-0.15, -0.1) is 11.3 Å². The molecule has 132 valence electrons. The number of anilines is 2. The molecule has 2 aromatic heterocycles. The van der Waals surface area contributed by atoms with E-state index in [1.165, 1.54) is 49.8 Å². The number of rotatable bonds is 3. The number of fused-ring (bicyclic) bond motifs is 3. The van der Waals surface area contributed by atoms with E-state index in [4.69, 9.17) is 0 Å². The molecule has 0 saturated carbocycles. The molecule has 2 saturated heterocycles. The molecule has 2 bridgehead atoms. The van der Waals surface area contributed by atoms with Gasteiger partial charge in [0.1, 0.15) is 11.2 Å². The van der Waals surface area contributed by atoms with Gasteiger partial charge in [-0.1, -0.05) is 12.1 Å². The fourth-order valence-electron chi connectivity index (χ4n) is 4.46. The van der Waals surface area contributed by atoms with Crippen molar-refractivity contribution in [1.29, 1.82) is 0 Å². The first-order valence-electron chi connectivity index (χ1n) is 9.17. The molecule has 1 aromatic carbocycles. The average molecular weight is 364 g/mol. The van der Waals surface area contributed by atoms with Crippen LogP contribution in [0.4, 0.5) is 11.4 Å². The van der Waals surface area contributed by atoms with E-state index in [0.717, 1.165) is 27.2 Å². The zero-order valence-corrected chi connectivity index (χ0v) is 15.2. The van der Waals surface area contributed by atoms with E-state index >= 15 is 0 Å². The number of nitrogens with zero attached hydrogens (tertiary/aromatic N) is 3. The lowest BCUT2D eigenvalue weighted by atomic mass is 10.00. The summed E-state index contributed by atoms with van der Waals surface area (Å²) in [6.45, 7) is 0. The number of benzene rings is 1. The highest BCUT2D eigenvalue weighted by atomic mass is 32.1. The first-order valence-corrected chi connectivity index (χ1v) is 10.0. The van der Waals surface area contributed by atoms with Gasteiger partial charge in [0.15, 0.2) is 0 Å². The van der Waals surface area contributed by atoms with E-state index in [1.807, 2.05) is 23.6 Å². The lowest BCUT2D eigenvalue weighted by molar-refractivity contribution is 0.102. The Hall–Kier alpha value is -2.47. The van der Waals surface area contributed by atoms with Crippen molar-refractivity contribution in [3.63, 3.8) is 0 Å². The lowest BCUT2D eigenvalue weighted by Crippen LogP contribution is -2.40. The minimum atomic E-state index is -0.0610. The number of carbonyl (C=O) groups excluding carboxylic acids is 1. The maximum Gasteiger partial charge on any atom is 0.257 e. The molecule has 2 aliphatic rings. The van der Waals surface area contributed by atoms with Crippen LogP contribution in [0.1, 0.15) is 42.5 Å². The van der Waals surface area contributed by atoms with Gasteiger partial charge in [0, 0.05) is 23.7 Å². The standard InChI is InChI=1S/C20H20N4OS/c25-19(23-17-11-26-20-16(17)10-21-12-22-20)15-6-1-2-7-18(15)24-13-4-3-5-14(24)9-8-13/h1-2,6-7,10-14H,3-5,8-9H2,(H,23,25). The van der Waals surface area contributed by atoms with Gasteiger partial charge in [-0.3, -0.25) is 4.79 Å². The van der Waals surface area contributed by atoms with Crippen molar-refractivity contribution in [3.8, 4) is 0 Å². The molecule has 0 radical (unpaired) electrons. The number of thiophene rings is 1. The fourth-order valence-corrected chi connectivity index (χ4v) is 5.28. The predicted octanol–water partition coefficient (Wildman–Crippen LogP) is 4.46. The third-order valence-corrected chi connectivity index (χ3v) is 6.53. The molecule has 0 aliphatic carbocycles. The van der Waals surface area contributed by atoms with Crippen LogP contribution in [-0.4, -0.2) is 28.0 Å². The number of hydrogen-bond acceptors (Lipinski definition) is 5. The van der Waals surface area contributed by atoms with Gasteiger partial charge < -0.3 is 10.2 Å². The summed E-state index contributed by atoms with van der Waals surface area (Å²) in [4.78, 5) is 24.8. The monoisotopic (exact) mass is 364 g/mol. The fraction of sp³-hybridized carbons (Fsp3) is 0.350. The van der Waals surface area contributed by atoms with Crippen molar-refractivity contribution in [2.75, 3.05) is 10.2 Å². The van der Waals surface area contributed by atoms with E-state index < -0.39 is 0 Å². The van der Waals surface area contributed by atoms with Crippen LogP contribution in [0.5, 0.6) is 0 Å². The highest BCUT2D eigenvalue weighted by Gasteiger charge is 2.37. The zero-order chi connectivity index (χ0) is 17.5. The molecule has 5 rings (SSSR count). The molecule has 1 amide bonds. The summed E-state index contributed by atoms with van der Waals surface area (Å²) in [5.41, 5.74) is 2.61. The third kappa shape index (κ3) is 2.56. The molecule has 0 spiro atoms. The minimum absolute atomic E-state index is 0.0610. The van der Waals surface area contributed by atoms with E-state index in [2.05, 4.69) is 26.3 Å². The van der Waals surface area contributed by atoms with Crippen molar-refractivity contribution in [2.45, 2.75) is 44.2 Å². The summed E-state index contributed by atoms with van der Waals surface area (Å²) in [6, 6.07) is 9.17. The second-order valence-electron chi connectivity index (χ2n) is 7.09. The Labute approximate surface area is 156 Å². The number of aromatic nitrogens is 2. The first-order chi connectivity index (χ1) is 12.8. The Morgan fingerprint density at radius 2 is 1.96 bits per heavy atom. The third-order valence-electron chi connectivity index (χ3n) is 5.62. The molecule has 3 aromatic rings. The second-order valence-corrected chi connectivity index (χ2v) is 7.94. The number of amides is 1. The van der Waals surface area contributed by atoms with Gasteiger partial charge in [-0.25, -0.2) is 9.97 Å². The molecular weight excluding hydrogens is 344 g/mol. The summed E-state index contributed by atoms with van der Waals surface area (Å²) in [5, 5.41) is 5.90. The van der Waals surface area contributed by atoms with Gasteiger partial charge in [-0.05, 0) is 44.2 Å². The smallest absolute Gasteiger partial charge is 0.257 e. The van der Waals surface area contributed by atoms with Crippen molar-refractivity contribution in [3.05, 3.63) is 47.7 Å². The van der Waals surface area contributed by atoms with Crippen molar-refractivity contribution in [2.24, 2.45) is 0 Å². The van der Waals surface area contributed by atoms with Gasteiger partial charge in [-0.2, -0.15) is 0 Å². The maximum absolute atomic E-state index is 13.1. The molecule has 4 heterocycles. The summed E-state index contributed by atoms with van der Waals surface area (Å²) in [6.07, 6.45) is 9.55. The summed E-state index contributed by atoms with van der Waals surface area (Å²) in [5.74, 6) is -0.0610. The number of para-hydroxylation sites is 1. The van der Waals surface area contributed by atoms with Crippen LogP contribution in [0.3, 0.4) is 0 Å². The normalized spacial score (nSPS) is 21.9. The number of nitrogens with one attached hydrogen (secondary N) is 1. The number of hydrogen-bond donors (Lipinski definition) is 1. The molecule has 26 heavy (non-hydrogen) atoms. The molecule has 2 aliphatic heterocycles. The maximum atomic E-state index is 13.1. The number of carbonyl (C=O) groups is 1. The SMILES string of the molecule is O=C(Nc1csc2ncncc12)c1ccccc1N1C2CCCC1CC2. The van der Waals surface area contributed by atoms with Crippen LogP contribution in [0.25, 0.3) is 10.2 Å².